The van der Waals surface area contributed by atoms with E-state index in [2.05, 4.69) is 77.7 Å². The maximum atomic E-state index is 13.7. The van der Waals surface area contributed by atoms with E-state index in [0.717, 1.165) is 118 Å². The van der Waals surface area contributed by atoms with E-state index in [1.165, 1.54) is 11.9 Å². The molecule has 0 aliphatic carbocycles. The van der Waals surface area contributed by atoms with Gasteiger partial charge in [0.05, 0.1) is 30.7 Å². The number of carbonyl (C=O) groups is 1. The minimum absolute atomic E-state index is 0.0630. The maximum Gasteiger partial charge on any atom is 0.257 e. The van der Waals surface area contributed by atoms with E-state index in [-0.39, 0.29) is 5.91 Å². The second-order valence-corrected chi connectivity index (χ2v) is 16.3. The van der Waals surface area contributed by atoms with Crippen molar-refractivity contribution in [1.82, 2.24) is 64.4 Å². The predicted octanol–water partition coefficient (Wildman–Crippen LogP) is 2.20. The van der Waals surface area contributed by atoms with Crippen LogP contribution in [-0.2, 0) is 30.8 Å². The summed E-state index contributed by atoms with van der Waals surface area (Å²) >= 11 is 0. The van der Waals surface area contributed by atoms with Gasteiger partial charge in [-0.05, 0) is 35.2 Å². The molecule has 1 aromatic carbocycles. The highest BCUT2D eigenvalue weighted by molar-refractivity contribution is 5.99. The summed E-state index contributed by atoms with van der Waals surface area (Å²) in [7, 11) is 0. The minimum Gasteiger partial charge on any atom is -0.383 e. The van der Waals surface area contributed by atoms with Crippen molar-refractivity contribution in [1.29, 1.82) is 0 Å². The molecule has 0 radical (unpaired) electrons. The lowest BCUT2D eigenvalue weighted by atomic mass is 9.97. The number of carbonyl (C=O) groups excluding carboxylic acids is 1. The fourth-order valence-electron chi connectivity index (χ4n) is 8.69. The lowest BCUT2D eigenvalue weighted by molar-refractivity contribution is 0.0734. The van der Waals surface area contributed by atoms with Crippen molar-refractivity contribution in [2.75, 3.05) is 101 Å². The molecule has 3 aliphatic rings. The average molecular weight is 850 g/mol. The molecule has 6 aromatic heterocycles. The highest BCUT2D eigenvalue weighted by Crippen LogP contribution is 2.32. The summed E-state index contributed by atoms with van der Waals surface area (Å²) in [6.45, 7) is 12.5. The van der Waals surface area contributed by atoms with Gasteiger partial charge in [-0.3, -0.25) is 14.6 Å². The second kappa shape index (κ2) is 18.0. The summed E-state index contributed by atoms with van der Waals surface area (Å²) in [6.07, 6.45) is 12.8. The lowest BCUT2D eigenvalue weighted by Gasteiger charge is -2.35. The zero-order chi connectivity index (χ0) is 42.7. The molecule has 0 atom stereocenters. The summed E-state index contributed by atoms with van der Waals surface area (Å²) < 4.78 is 7.91. The molecule has 0 spiro atoms. The number of nitrogens with one attached hydrogen (secondary N) is 1. The molecule has 0 unspecified atom stereocenters. The molecule has 7 aromatic rings. The van der Waals surface area contributed by atoms with Crippen LogP contribution in [-0.4, -0.2) is 155 Å². The van der Waals surface area contributed by atoms with Crippen molar-refractivity contribution < 1.29 is 9.53 Å². The Bertz CT molecular complexity index is 2690. The predicted molar refractivity (Wildman–Crippen MR) is 239 cm³/mol. The monoisotopic (exact) mass is 849 g/mol. The van der Waals surface area contributed by atoms with Crippen LogP contribution in [0, 0.1) is 0 Å². The van der Waals surface area contributed by atoms with Crippen molar-refractivity contribution in [2.45, 2.75) is 26.1 Å². The Balaban J connectivity index is 0.672. The normalized spacial score (nSPS) is 16.3. The first-order chi connectivity index (χ1) is 31.0. The van der Waals surface area contributed by atoms with Gasteiger partial charge < -0.3 is 35.9 Å². The zero-order valence-electron chi connectivity index (χ0n) is 35.2. The van der Waals surface area contributed by atoms with Crippen LogP contribution in [0.2, 0.25) is 0 Å². The topological polar surface area (TPSA) is 218 Å². The molecule has 19 nitrogen and oxygen atoms in total. The van der Waals surface area contributed by atoms with Gasteiger partial charge in [0.2, 0.25) is 11.9 Å². The number of hydrogen-bond donors (Lipinski definition) is 3. The van der Waals surface area contributed by atoms with Gasteiger partial charge in [0.1, 0.15) is 23.5 Å². The van der Waals surface area contributed by atoms with Gasteiger partial charge >= 0.3 is 0 Å². The number of nitrogens with two attached hydrogens (primary N) is 2. The molecule has 5 N–H and O–H groups in total. The fourth-order valence-corrected chi connectivity index (χ4v) is 8.69. The van der Waals surface area contributed by atoms with E-state index in [1.807, 2.05) is 40.3 Å². The van der Waals surface area contributed by atoms with Gasteiger partial charge in [-0.15, -0.1) is 0 Å². The highest BCUT2D eigenvalue weighted by Gasteiger charge is 2.25. The lowest BCUT2D eigenvalue weighted by Crippen LogP contribution is -2.48. The van der Waals surface area contributed by atoms with Crippen LogP contribution >= 0.6 is 0 Å². The van der Waals surface area contributed by atoms with Gasteiger partial charge in [-0.1, -0.05) is 18.2 Å². The number of aromatic nitrogens is 10. The Hall–Kier alpha value is -6.67. The molecule has 10 rings (SSSR count). The van der Waals surface area contributed by atoms with Gasteiger partial charge in [0.15, 0.2) is 5.65 Å². The molecule has 9 heterocycles. The molecule has 2 fully saturated rings. The van der Waals surface area contributed by atoms with E-state index in [9.17, 15) is 4.79 Å². The Morgan fingerprint density at radius 2 is 1.43 bits per heavy atom. The summed E-state index contributed by atoms with van der Waals surface area (Å²) in [5.41, 5.74) is 19.9. The van der Waals surface area contributed by atoms with Crippen molar-refractivity contribution in [3.05, 3.63) is 102 Å². The van der Waals surface area contributed by atoms with Crippen LogP contribution < -0.4 is 21.3 Å². The third-order valence-corrected chi connectivity index (χ3v) is 12.4. The number of H-pyrrole nitrogens is 1. The van der Waals surface area contributed by atoms with E-state index in [4.69, 9.17) is 21.3 Å². The smallest absolute Gasteiger partial charge is 0.257 e. The fraction of sp³-hybridized carbons (Fsp3) is 0.386. The number of nitrogen functional groups attached to an aromatic ring is 1. The molecule has 324 valence electrons. The van der Waals surface area contributed by atoms with Crippen LogP contribution in [0.3, 0.4) is 0 Å². The van der Waals surface area contributed by atoms with E-state index in [1.54, 1.807) is 18.6 Å². The summed E-state index contributed by atoms with van der Waals surface area (Å²) in [4.78, 5) is 59.5. The molecule has 63 heavy (non-hydrogen) atoms. The number of pyridine rings is 1. The number of aromatic amines is 1. The third-order valence-electron chi connectivity index (χ3n) is 12.4. The van der Waals surface area contributed by atoms with Crippen LogP contribution in [0.4, 0.5) is 17.7 Å². The Morgan fingerprint density at radius 3 is 2.13 bits per heavy atom. The van der Waals surface area contributed by atoms with Gasteiger partial charge in [-0.2, -0.15) is 5.10 Å². The molecular weight excluding hydrogens is 799 g/mol. The first kappa shape index (κ1) is 40.4. The van der Waals surface area contributed by atoms with Gasteiger partial charge in [0, 0.05) is 139 Å². The summed E-state index contributed by atoms with van der Waals surface area (Å²) in [6, 6.07) is 10.4. The van der Waals surface area contributed by atoms with Crippen molar-refractivity contribution in [3.8, 4) is 11.3 Å². The Morgan fingerprint density at radius 1 is 0.730 bits per heavy atom. The molecule has 3 aliphatic heterocycles. The van der Waals surface area contributed by atoms with Crippen molar-refractivity contribution >= 4 is 45.7 Å². The van der Waals surface area contributed by atoms with Crippen LogP contribution in [0.1, 0.15) is 32.6 Å². The molecule has 0 saturated carbocycles. The SMILES string of the molecule is NCc1cnc(N2CCN(CCOCCN3CCN(c4ncc(C(=O)N5CCc6cc(Cn7nc(-c8cnc9[nH]ccc9c8)c8c(N)ncnc87)ccc6C5)cn4)CC3)CC2)nc1. The molecule has 19 heteroatoms. The van der Waals surface area contributed by atoms with Gasteiger partial charge in [-0.25, -0.2) is 39.6 Å². The van der Waals surface area contributed by atoms with Crippen LogP contribution in [0.5, 0.6) is 0 Å². The van der Waals surface area contributed by atoms with Crippen LogP contribution in [0.25, 0.3) is 33.3 Å². The number of rotatable bonds is 13. The summed E-state index contributed by atoms with van der Waals surface area (Å²) in [5.74, 6) is 1.74. The molecular formula is C44H51N17O2. The van der Waals surface area contributed by atoms with Gasteiger partial charge in [0.25, 0.3) is 5.91 Å². The number of ether oxygens (including phenoxy) is 1. The highest BCUT2D eigenvalue weighted by atomic mass is 16.5. The number of anilines is 3. The number of nitrogens with zero attached hydrogens (tertiary/aromatic N) is 14. The van der Waals surface area contributed by atoms with E-state index in [0.29, 0.717) is 66.8 Å². The van der Waals surface area contributed by atoms with Crippen molar-refractivity contribution in [3.63, 3.8) is 0 Å². The first-order valence-corrected chi connectivity index (χ1v) is 21.6. The minimum atomic E-state index is -0.0630. The Labute approximate surface area is 364 Å². The average Bonchev–Trinajstić information content (AvgIpc) is 3.97. The summed E-state index contributed by atoms with van der Waals surface area (Å²) in [5, 5.41) is 6.66. The number of piperazine rings is 2. The van der Waals surface area contributed by atoms with E-state index < -0.39 is 0 Å². The van der Waals surface area contributed by atoms with E-state index >= 15 is 0 Å². The first-order valence-electron chi connectivity index (χ1n) is 21.6. The molecule has 1 amide bonds. The largest absolute Gasteiger partial charge is 0.383 e. The number of benzene rings is 1. The van der Waals surface area contributed by atoms with Crippen LogP contribution in [0.15, 0.2) is 73.8 Å². The number of amides is 1. The quantitative estimate of drug-likeness (QED) is 0.142. The molecule has 0 bridgehead atoms. The van der Waals surface area contributed by atoms with Crippen molar-refractivity contribution in [2.24, 2.45) is 5.73 Å². The number of hydrogen-bond acceptors (Lipinski definition) is 16. The second-order valence-electron chi connectivity index (χ2n) is 16.3. The Kier molecular flexibility index (Phi) is 11.5. The number of fused-ring (bicyclic) bond motifs is 3. The standard InChI is InChI=1S/C44H51N17O2/c45-21-31-22-49-43(50-23-31)58-11-7-56(8-12-58)15-17-63-18-16-57-9-13-59(14-10-57)44-51-25-36(26-52-44)42(62)60-6-4-32-19-30(1-2-34(32)28-60)27-61-41-37(39(46)53-29-54-41)38(55-61)35-20-33-3-5-47-40(33)48-24-35/h1-3,5,19-20,22-26,29H,4,6-18,21,27-28,45H2,(H,47,48)(H2,46,53,54). The zero-order valence-corrected chi connectivity index (χ0v) is 35.2. The third kappa shape index (κ3) is 8.72. The molecule has 2 saturated heterocycles. The maximum absolute atomic E-state index is 13.7.